The predicted octanol–water partition coefficient (Wildman–Crippen LogP) is 4.14. The van der Waals surface area contributed by atoms with E-state index in [9.17, 15) is 24.3 Å². The predicted molar refractivity (Wildman–Crippen MR) is 157 cm³/mol. The molecule has 9 heteroatoms. The quantitative estimate of drug-likeness (QED) is 0.0770. The third-order valence-electron chi connectivity index (χ3n) is 6.68. The van der Waals surface area contributed by atoms with Crippen LogP contribution in [0.4, 0.5) is 0 Å². The van der Waals surface area contributed by atoms with Gasteiger partial charge in [0.2, 0.25) is 11.8 Å². The number of Topliss-reactive ketones (excluding diaryl/α,β-unsaturated/α-hetero) is 1. The molecular weight excluding hydrogens is 526 g/mol. The van der Waals surface area contributed by atoms with Gasteiger partial charge >= 0.3 is 5.97 Å². The fourth-order valence-electron chi connectivity index (χ4n) is 4.48. The number of nitrogens with zero attached hydrogens (tertiary/aromatic N) is 1. The molecule has 8 nitrogen and oxygen atoms in total. The van der Waals surface area contributed by atoms with Crippen LogP contribution in [0.5, 0.6) is 0 Å². The molecule has 40 heavy (non-hydrogen) atoms. The Morgan fingerprint density at radius 2 is 1.57 bits per heavy atom. The smallest absolute Gasteiger partial charge is 0.336 e. The number of rotatable bonds is 14. The van der Waals surface area contributed by atoms with E-state index in [1.165, 1.54) is 0 Å². The maximum absolute atomic E-state index is 13.2. The van der Waals surface area contributed by atoms with Crippen molar-refractivity contribution in [2.24, 2.45) is 17.7 Å². The van der Waals surface area contributed by atoms with Gasteiger partial charge in [-0.15, -0.1) is 0 Å². The average molecular weight is 562 g/mol. The zero-order valence-electron chi connectivity index (χ0n) is 22.5. The summed E-state index contributed by atoms with van der Waals surface area (Å²) in [5.41, 5.74) is 3.22. The number of ketones is 1. The first-order chi connectivity index (χ1) is 19.2. The van der Waals surface area contributed by atoms with Gasteiger partial charge in [-0.3, -0.25) is 19.4 Å². The second kappa shape index (κ2) is 15.0. The number of nitrogens with one attached hydrogen (secondary N) is 1. The fraction of sp³-hybridized carbons (Fsp3) is 0.290. The van der Waals surface area contributed by atoms with Crippen molar-refractivity contribution in [3.8, 4) is 11.1 Å². The summed E-state index contributed by atoms with van der Waals surface area (Å²) < 4.78 is 0. The first-order valence-electron chi connectivity index (χ1n) is 13.2. The molecule has 2 unspecified atom stereocenters. The minimum Gasteiger partial charge on any atom is -0.478 e. The Balaban J connectivity index is 1.61. The maximum atomic E-state index is 13.2. The molecule has 4 N–H and O–H groups in total. The first kappa shape index (κ1) is 30.6. The van der Waals surface area contributed by atoms with E-state index in [0.29, 0.717) is 30.6 Å². The summed E-state index contributed by atoms with van der Waals surface area (Å²) in [7, 11) is 0. The van der Waals surface area contributed by atoms with Crippen LogP contribution in [0.25, 0.3) is 11.1 Å². The van der Waals surface area contributed by atoms with Crippen LogP contribution in [0.3, 0.4) is 0 Å². The molecule has 0 fully saturated rings. The molecule has 0 saturated carbocycles. The highest BCUT2D eigenvalue weighted by Gasteiger charge is 2.29. The Bertz CT molecular complexity index is 1310. The molecular formula is C31H35N3O5S. The molecule has 0 spiro atoms. The van der Waals surface area contributed by atoms with Crippen LogP contribution < -0.4 is 11.2 Å². The van der Waals surface area contributed by atoms with Gasteiger partial charge < -0.3 is 10.4 Å². The number of carboxylic acid groups (broad SMARTS) is 1. The van der Waals surface area contributed by atoms with Crippen LogP contribution in [0, 0.1) is 11.8 Å². The number of thiol groups is 1. The van der Waals surface area contributed by atoms with Gasteiger partial charge in [-0.2, -0.15) is 12.6 Å². The molecule has 3 aromatic carbocycles. The van der Waals surface area contributed by atoms with Gasteiger partial charge in [-0.1, -0.05) is 86.1 Å². The second-order valence-corrected chi connectivity index (χ2v) is 9.97. The molecule has 210 valence electrons. The summed E-state index contributed by atoms with van der Waals surface area (Å²) in [6.45, 7) is 1.68. The Morgan fingerprint density at radius 1 is 0.925 bits per heavy atom. The van der Waals surface area contributed by atoms with E-state index in [4.69, 9.17) is 5.84 Å². The van der Waals surface area contributed by atoms with E-state index in [2.05, 4.69) is 17.9 Å². The average Bonchev–Trinajstić information content (AvgIpc) is 2.97. The molecule has 2 atom stereocenters. The SMILES string of the molecule is CCCC(C(=O)CNC(=O)C(CS)Cc1ccccc1)C(=O)N(N)Cc1ccc(-c2ccccc2C(=O)O)cc1. The van der Waals surface area contributed by atoms with Gasteiger partial charge in [0, 0.05) is 5.75 Å². The summed E-state index contributed by atoms with van der Waals surface area (Å²) in [6.07, 6.45) is 1.40. The van der Waals surface area contributed by atoms with Gasteiger partial charge in [0.05, 0.1) is 30.5 Å². The monoisotopic (exact) mass is 561 g/mol. The number of hydrazine groups is 1. The van der Waals surface area contributed by atoms with Crippen molar-refractivity contribution in [2.45, 2.75) is 32.7 Å². The van der Waals surface area contributed by atoms with Gasteiger partial charge in [0.1, 0.15) is 0 Å². The highest BCUT2D eigenvalue weighted by Crippen LogP contribution is 2.24. The zero-order valence-corrected chi connectivity index (χ0v) is 23.3. The summed E-state index contributed by atoms with van der Waals surface area (Å²) in [6, 6.07) is 23.4. The molecule has 3 aromatic rings. The van der Waals surface area contributed by atoms with Crippen molar-refractivity contribution in [3.63, 3.8) is 0 Å². The van der Waals surface area contributed by atoms with Crippen LogP contribution >= 0.6 is 12.6 Å². The van der Waals surface area contributed by atoms with Gasteiger partial charge in [-0.25, -0.2) is 10.6 Å². The molecule has 0 aliphatic carbocycles. The lowest BCUT2D eigenvalue weighted by Gasteiger charge is -2.23. The number of nitrogens with two attached hydrogens (primary N) is 1. The van der Waals surface area contributed by atoms with Crippen molar-refractivity contribution < 1.29 is 24.3 Å². The largest absolute Gasteiger partial charge is 0.478 e. The standard InChI is InChI=1S/C31H35N3O5S/c1-2-8-27(28(35)18-33-29(36)24(20-40)17-21-9-4-3-5-10-21)30(37)34(32)19-22-13-15-23(16-14-22)25-11-6-7-12-26(25)31(38)39/h3-7,9-16,24,27,40H,2,8,17-20,32H2,1H3,(H,33,36)(H,38,39). The molecule has 0 heterocycles. The number of hydrogen-bond acceptors (Lipinski definition) is 6. The molecule has 0 bridgehead atoms. The molecule has 0 aliphatic rings. The normalized spacial score (nSPS) is 12.3. The summed E-state index contributed by atoms with van der Waals surface area (Å²) in [5.74, 6) is 2.83. The van der Waals surface area contributed by atoms with Crippen molar-refractivity contribution >= 4 is 36.2 Å². The number of benzene rings is 3. The van der Waals surface area contributed by atoms with E-state index in [-0.39, 0.29) is 24.6 Å². The number of aromatic carboxylic acids is 1. The van der Waals surface area contributed by atoms with Crippen LogP contribution in [0.2, 0.25) is 0 Å². The molecule has 0 aliphatic heterocycles. The first-order valence-corrected chi connectivity index (χ1v) is 13.8. The number of hydrogen-bond donors (Lipinski definition) is 4. The van der Waals surface area contributed by atoms with Gasteiger partial charge in [-0.05, 0) is 41.2 Å². The van der Waals surface area contributed by atoms with Crippen molar-refractivity contribution in [1.29, 1.82) is 0 Å². The third kappa shape index (κ3) is 8.27. The summed E-state index contributed by atoms with van der Waals surface area (Å²) >= 11 is 4.30. The third-order valence-corrected chi connectivity index (χ3v) is 7.12. The second-order valence-electron chi connectivity index (χ2n) is 9.61. The molecule has 2 amide bonds. The number of carbonyl (C=O) groups is 4. The van der Waals surface area contributed by atoms with E-state index in [0.717, 1.165) is 21.7 Å². The van der Waals surface area contributed by atoms with E-state index >= 15 is 0 Å². The van der Waals surface area contributed by atoms with Crippen LogP contribution in [0.1, 0.15) is 41.3 Å². The Kier molecular flexibility index (Phi) is 11.5. The van der Waals surface area contributed by atoms with E-state index in [1.807, 2.05) is 37.3 Å². The van der Waals surface area contributed by atoms with Crippen LogP contribution in [-0.4, -0.2) is 46.0 Å². The highest BCUT2D eigenvalue weighted by atomic mass is 32.1. The Labute approximate surface area is 240 Å². The highest BCUT2D eigenvalue weighted by molar-refractivity contribution is 7.80. The lowest BCUT2D eigenvalue weighted by molar-refractivity contribution is -0.143. The number of carbonyl (C=O) groups excluding carboxylic acids is 3. The fourth-order valence-corrected chi connectivity index (χ4v) is 4.77. The summed E-state index contributed by atoms with van der Waals surface area (Å²) in [5, 5.41) is 13.2. The minimum atomic E-state index is -1.02. The molecule has 0 aromatic heterocycles. The molecule has 3 rings (SSSR count). The lowest BCUT2D eigenvalue weighted by atomic mass is 9.96. The van der Waals surface area contributed by atoms with Gasteiger partial charge in [0.25, 0.3) is 0 Å². The topological polar surface area (TPSA) is 130 Å². The molecule has 0 radical (unpaired) electrons. The summed E-state index contributed by atoms with van der Waals surface area (Å²) in [4.78, 5) is 50.4. The van der Waals surface area contributed by atoms with Crippen LogP contribution in [0.15, 0.2) is 78.9 Å². The molecule has 0 saturated heterocycles. The lowest BCUT2D eigenvalue weighted by Crippen LogP contribution is -2.46. The van der Waals surface area contributed by atoms with Gasteiger partial charge in [0.15, 0.2) is 5.78 Å². The minimum absolute atomic E-state index is 0.0678. The number of carboxylic acids is 1. The van der Waals surface area contributed by atoms with Crippen molar-refractivity contribution in [3.05, 3.63) is 95.6 Å². The number of amides is 2. The van der Waals surface area contributed by atoms with Crippen molar-refractivity contribution in [2.75, 3.05) is 12.3 Å². The van der Waals surface area contributed by atoms with Crippen LogP contribution in [-0.2, 0) is 27.3 Å². The van der Waals surface area contributed by atoms with E-state index < -0.39 is 29.5 Å². The Morgan fingerprint density at radius 3 is 2.20 bits per heavy atom. The Hall–Kier alpha value is -3.95. The maximum Gasteiger partial charge on any atom is 0.336 e. The zero-order chi connectivity index (χ0) is 29.1. The van der Waals surface area contributed by atoms with E-state index in [1.54, 1.807) is 48.5 Å². The van der Waals surface area contributed by atoms with Crippen molar-refractivity contribution in [1.82, 2.24) is 10.3 Å².